The van der Waals surface area contributed by atoms with Crippen LogP contribution < -0.4 is 10.1 Å². The molecule has 0 saturated heterocycles. The summed E-state index contributed by atoms with van der Waals surface area (Å²) in [5, 5.41) is 7.78. The first kappa shape index (κ1) is 14.0. The molecule has 1 aromatic heterocycles. The molecule has 0 aromatic carbocycles. The highest BCUT2D eigenvalue weighted by atomic mass is 16.5. The van der Waals surface area contributed by atoms with Crippen LogP contribution in [0.4, 0.5) is 0 Å². The Kier molecular flexibility index (Phi) is 4.20. The van der Waals surface area contributed by atoms with Crippen LogP contribution in [-0.2, 0) is 7.05 Å². The number of hydrogen-bond acceptors (Lipinski definition) is 3. The van der Waals surface area contributed by atoms with Crippen LogP contribution in [-0.4, -0.2) is 28.0 Å². The zero-order valence-electron chi connectivity index (χ0n) is 12.1. The number of aromatic nitrogens is 2. The van der Waals surface area contributed by atoms with Crippen LogP contribution in [0.2, 0.25) is 0 Å². The van der Waals surface area contributed by atoms with Crippen molar-refractivity contribution in [2.45, 2.75) is 53.2 Å². The zero-order valence-corrected chi connectivity index (χ0v) is 12.1. The number of ether oxygens (including phenoxy) is 1. The molecule has 0 saturated carbocycles. The normalized spacial score (nSPS) is 13.8. The van der Waals surface area contributed by atoms with E-state index in [1.807, 2.05) is 25.6 Å². The maximum absolute atomic E-state index is 5.95. The molecule has 0 spiro atoms. The fourth-order valence-electron chi connectivity index (χ4n) is 1.62. The molecule has 0 fully saturated rings. The van der Waals surface area contributed by atoms with Gasteiger partial charge in [0.2, 0.25) is 0 Å². The van der Waals surface area contributed by atoms with Crippen LogP contribution >= 0.6 is 0 Å². The van der Waals surface area contributed by atoms with E-state index in [2.05, 4.69) is 38.1 Å². The van der Waals surface area contributed by atoms with Crippen molar-refractivity contribution in [2.75, 3.05) is 6.54 Å². The lowest BCUT2D eigenvalue weighted by Gasteiger charge is -2.24. The minimum Gasteiger partial charge on any atom is -0.486 e. The van der Waals surface area contributed by atoms with Gasteiger partial charge >= 0.3 is 0 Å². The van der Waals surface area contributed by atoms with Gasteiger partial charge in [0, 0.05) is 19.1 Å². The van der Waals surface area contributed by atoms with Gasteiger partial charge in [0.15, 0.2) is 5.75 Å². The lowest BCUT2D eigenvalue weighted by Crippen LogP contribution is -2.41. The fraction of sp³-hybridized carbons (Fsp3) is 0.769. The van der Waals surface area contributed by atoms with Gasteiger partial charge in [-0.2, -0.15) is 5.10 Å². The minimum atomic E-state index is 0.122. The van der Waals surface area contributed by atoms with Crippen LogP contribution in [0.15, 0.2) is 0 Å². The molecule has 0 bridgehead atoms. The van der Waals surface area contributed by atoms with Gasteiger partial charge in [-0.1, -0.05) is 0 Å². The van der Waals surface area contributed by atoms with Gasteiger partial charge in [0.25, 0.3) is 0 Å². The Morgan fingerprint density at radius 2 is 1.94 bits per heavy atom. The van der Waals surface area contributed by atoms with Crippen LogP contribution in [0.5, 0.6) is 5.75 Å². The first-order valence-electron chi connectivity index (χ1n) is 6.12. The highest BCUT2D eigenvalue weighted by molar-refractivity contribution is 5.31. The summed E-state index contributed by atoms with van der Waals surface area (Å²) in [6.45, 7) is 13.4. The molecule has 98 valence electrons. The molecule has 17 heavy (non-hydrogen) atoms. The largest absolute Gasteiger partial charge is 0.486 e. The highest BCUT2D eigenvalue weighted by Crippen LogP contribution is 2.22. The molecule has 1 unspecified atom stereocenters. The van der Waals surface area contributed by atoms with Gasteiger partial charge < -0.3 is 10.1 Å². The van der Waals surface area contributed by atoms with Gasteiger partial charge in [-0.3, -0.25) is 4.68 Å². The first-order valence-corrected chi connectivity index (χ1v) is 6.12. The second-order valence-corrected chi connectivity index (χ2v) is 5.68. The Hall–Kier alpha value is -1.03. The third-order valence-electron chi connectivity index (χ3n) is 2.68. The first-order chi connectivity index (χ1) is 7.70. The SMILES string of the molecule is Cc1nn(C)c(C)c1OC(C)CNC(C)(C)C. The van der Waals surface area contributed by atoms with E-state index in [0.717, 1.165) is 23.7 Å². The molecule has 0 radical (unpaired) electrons. The Labute approximate surface area is 104 Å². The number of nitrogens with zero attached hydrogens (tertiary/aromatic N) is 2. The predicted octanol–water partition coefficient (Wildman–Crippen LogP) is 2.19. The van der Waals surface area contributed by atoms with Gasteiger partial charge in [0.05, 0.1) is 5.69 Å². The molecule has 1 heterocycles. The Bertz CT molecular complexity index is 377. The Morgan fingerprint density at radius 3 is 2.35 bits per heavy atom. The average molecular weight is 239 g/mol. The summed E-state index contributed by atoms with van der Waals surface area (Å²) in [6, 6.07) is 0. The van der Waals surface area contributed by atoms with Crippen molar-refractivity contribution in [3.63, 3.8) is 0 Å². The second-order valence-electron chi connectivity index (χ2n) is 5.68. The third-order valence-corrected chi connectivity index (χ3v) is 2.68. The maximum atomic E-state index is 5.95. The Morgan fingerprint density at radius 1 is 1.35 bits per heavy atom. The van der Waals surface area contributed by atoms with Gasteiger partial charge in [-0.05, 0) is 41.5 Å². The minimum absolute atomic E-state index is 0.122. The van der Waals surface area contributed by atoms with Gasteiger partial charge in [-0.25, -0.2) is 0 Å². The molecular weight excluding hydrogens is 214 g/mol. The number of aryl methyl sites for hydroxylation is 2. The summed E-state index contributed by atoms with van der Waals surface area (Å²) in [7, 11) is 1.94. The molecule has 4 nitrogen and oxygen atoms in total. The third kappa shape index (κ3) is 4.04. The molecule has 4 heteroatoms. The standard InChI is InChI=1S/C13H25N3O/c1-9(8-14-13(4,5)6)17-12-10(2)15-16(7)11(12)3/h9,14H,8H2,1-7H3. The molecule has 1 N–H and O–H groups in total. The van der Waals surface area contributed by atoms with Crippen molar-refractivity contribution in [2.24, 2.45) is 7.05 Å². The maximum Gasteiger partial charge on any atom is 0.163 e. The summed E-state index contributed by atoms with van der Waals surface area (Å²) in [4.78, 5) is 0. The van der Waals surface area contributed by atoms with E-state index in [-0.39, 0.29) is 11.6 Å². The van der Waals surface area contributed by atoms with E-state index >= 15 is 0 Å². The van der Waals surface area contributed by atoms with E-state index in [0.29, 0.717) is 0 Å². The van der Waals surface area contributed by atoms with E-state index in [1.165, 1.54) is 0 Å². The average Bonchev–Trinajstić information content (AvgIpc) is 2.41. The van der Waals surface area contributed by atoms with Crippen LogP contribution in [0, 0.1) is 13.8 Å². The monoisotopic (exact) mass is 239 g/mol. The van der Waals surface area contributed by atoms with E-state index in [4.69, 9.17) is 4.74 Å². The lowest BCUT2D eigenvalue weighted by molar-refractivity contribution is 0.200. The van der Waals surface area contributed by atoms with Crippen molar-refractivity contribution in [1.29, 1.82) is 0 Å². The van der Waals surface area contributed by atoms with Crippen LogP contribution in [0.3, 0.4) is 0 Å². The van der Waals surface area contributed by atoms with Crippen molar-refractivity contribution < 1.29 is 4.74 Å². The molecular formula is C13H25N3O. The number of nitrogens with one attached hydrogen (secondary N) is 1. The molecule has 0 aliphatic carbocycles. The van der Waals surface area contributed by atoms with Crippen LogP contribution in [0.25, 0.3) is 0 Å². The second kappa shape index (κ2) is 5.08. The van der Waals surface area contributed by atoms with Crippen molar-refractivity contribution in [1.82, 2.24) is 15.1 Å². The highest BCUT2D eigenvalue weighted by Gasteiger charge is 2.16. The van der Waals surface area contributed by atoms with E-state index in [1.54, 1.807) is 0 Å². The van der Waals surface area contributed by atoms with E-state index in [9.17, 15) is 0 Å². The fourth-order valence-corrected chi connectivity index (χ4v) is 1.62. The summed E-state index contributed by atoms with van der Waals surface area (Å²) >= 11 is 0. The quantitative estimate of drug-likeness (QED) is 0.875. The molecule has 1 aromatic rings. The lowest BCUT2D eigenvalue weighted by atomic mass is 10.1. The topological polar surface area (TPSA) is 39.1 Å². The number of hydrogen-bond donors (Lipinski definition) is 1. The summed E-state index contributed by atoms with van der Waals surface area (Å²) in [6.07, 6.45) is 0.135. The zero-order chi connectivity index (χ0) is 13.2. The molecule has 0 amide bonds. The molecule has 1 rings (SSSR count). The van der Waals surface area contributed by atoms with Crippen molar-refractivity contribution >= 4 is 0 Å². The van der Waals surface area contributed by atoms with Crippen molar-refractivity contribution in [3.8, 4) is 5.75 Å². The molecule has 0 aliphatic rings. The summed E-state index contributed by atoms with van der Waals surface area (Å²) < 4.78 is 7.80. The van der Waals surface area contributed by atoms with Gasteiger partial charge in [-0.15, -0.1) is 0 Å². The predicted molar refractivity (Wildman–Crippen MR) is 70.5 cm³/mol. The Balaban J connectivity index is 2.59. The van der Waals surface area contributed by atoms with Crippen molar-refractivity contribution in [3.05, 3.63) is 11.4 Å². The van der Waals surface area contributed by atoms with Gasteiger partial charge in [0.1, 0.15) is 11.8 Å². The number of rotatable bonds is 4. The summed E-state index contributed by atoms with van der Waals surface area (Å²) in [5.41, 5.74) is 2.15. The molecule has 1 atom stereocenters. The molecule has 0 aliphatic heterocycles. The van der Waals surface area contributed by atoms with Crippen LogP contribution in [0.1, 0.15) is 39.1 Å². The summed E-state index contributed by atoms with van der Waals surface area (Å²) in [5.74, 6) is 0.913. The smallest absolute Gasteiger partial charge is 0.163 e. The van der Waals surface area contributed by atoms with E-state index < -0.39 is 0 Å².